The molecule has 2 saturated heterocycles. The third kappa shape index (κ3) is 5.17. The molecule has 0 unspecified atom stereocenters. The van der Waals surface area contributed by atoms with Gasteiger partial charge in [0.2, 0.25) is 5.91 Å². The van der Waals surface area contributed by atoms with E-state index in [4.69, 9.17) is 14.6 Å². The van der Waals surface area contributed by atoms with Crippen molar-refractivity contribution in [2.24, 2.45) is 5.92 Å². The first kappa shape index (κ1) is 23.7. The summed E-state index contributed by atoms with van der Waals surface area (Å²) in [5, 5.41) is 8.72. The molecule has 2 aromatic rings. The highest BCUT2D eigenvalue weighted by atomic mass is 16.5. The van der Waals surface area contributed by atoms with Gasteiger partial charge in [0.1, 0.15) is 13.2 Å². The fourth-order valence-electron chi connectivity index (χ4n) is 5.59. The minimum atomic E-state index is -1.09. The molecule has 9 nitrogen and oxygen atoms in total. The number of aromatic nitrogens is 1. The topological polar surface area (TPSA) is 101 Å². The lowest BCUT2D eigenvalue weighted by Crippen LogP contribution is -2.50. The molecular weight excluding hydrogens is 450 g/mol. The Morgan fingerprint density at radius 3 is 2.60 bits per heavy atom. The van der Waals surface area contributed by atoms with Gasteiger partial charge in [0.15, 0.2) is 0 Å². The van der Waals surface area contributed by atoms with E-state index in [1.165, 1.54) is 0 Å². The van der Waals surface area contributed by atoms with Crippen LogP contribution in [0.5, 0.6) is 0 Å². The van der Waals surface area contributed by atoms with Crippen molar-refractivity contribution in [3.05, 3.63) is 58.0 Å². The average Bonchev–Trinajstić information content (AvgIpc) is 2.85. The average molecular weight is 482 g/mol. The van der Waals surface area contributed by atoms with Crippen molar-refractivity contribution in [1.82, 2.24) is 14.4 Å². The van der Waals surface area contributed by atoms with Crippen molar-refractivity contribution in [1.29, 1.82) is 0 Å². The minimum absolute atomic E-state index is 0.0243. The number of benzene rings is 1. The van der Waals surface area contributed by atoms with Gasteiger partial charge in [0.25, 0.3) is 5.56 Å². The Hall–Kier alpha value is -3.01. The number of hydrogen-bond acceptors (Lipinski definition) is 6. The lowest BCUT2D eigenvalue weighted by molar-refractivity contribution is -0.146. The molecule has 1 aromatic carbocycles. The summed E-state index contributed by atoms with van der Waals surface area (Å²) in [6.45, 7) is 4.94. The molecule has 0 spiro atoms. The SMILES string of the molecule is O=C(O)COCC(=O)N1C[C@H]2C[C@H](C1)c1ccc(-c3ccccc3CN3CCOCC3)c(=O)n1C2. The van der Waals surface area contributed by atoms with E-state index in [-0.39, 0.29) is 29.9 Å². The molecule has 0 radical (unpaired) electrons. The second kappa shape index (κ2) is 10.3. The van der Waals surface area contributed by atoms with Gasteiger partial charge in [0, 0.05) is 56.4 Å². The van der Waals surface area contributed by atoms with Crippen LogP contribution in [0.25, 0.3) is 11.1 Å². The van der Waals surface area contributed by atoms with Crippen molar-refractivity contribution >= 4 is 11.9 Å². The Morgan fingerprint density at radius 2 is 1.80 bits per heavy atom. The standard InChI is InChI=1S/C26H31N3O6/c30-24(16-35-17-25(31)32)28-12-18-11-20(15-28)23-6-5-22(26(33)29(23)13-18)21-4-2-1-3-19(21)14-27-7-9-34-10-8-27/h1-6,18,20H,7-17H2,(H,31,32)/t18-,20-/m1/s1. The van der Waals surface area contributed by atoms with Gasteiger partial charge in [0.05, 0.1) is 13.2 Å². The van der Waals surface area contributed by atoms with Crippen LogP contribution in [0.1, 0.15) is 23.6 Å². The molecule has 3 aliphatic rings. The summed E-state index contributed by atoms with van der Waals surface area (Å²) in [5.74, 6) is -1.04. The summed E-state index contributed by atoms with van der Waals surface area (Å²) in [4.78, 5) is 41.0. The van der Waals surface area contributed by atoms with Gasteiger partial charge in [-0.2, -0.15) is 0 Å². The molecule has 5 rings (SSSR count). The van der Waals surface area contributed by atoms with Crippen LogP contribution < -0.4 is 5.56 Å². The number of likely N-dealkylation sites (tertiary alicyclic amines) is 1. The van der Waals surface area contributed by atoms with Crippen molar-refractivity contribution < 1.29 is 24.2 Å². The molecule has 3 aliphatic heterocycles. The van der Waals surface area contributed by atoms with E-state index < -0.39 is 12.6 Å². The van der Waals surface area contributed by atoms with Crippen molar-refractivity contribution in [2.45, 2.75) is 25.4 Å². The number of carbonyl (C=O) groups is 2. The smallest absolute Gasteiger partial charge is 0.329 e. The zero-order valence-corrected chi connectivity index (χ0v) is 19.7. The lowest BCUT2D eigenvalue weighted by Gasteiger charge is -2.43. The summed E-state index contributed by atoms with van der Waals surface area (Å²) >= 11 is 0. The number of carbonyl (C=O) groups excluding carboxylic acids is 1. The zero-order valence-electron chi connectivity index (χ0n) is 19.7. The predicted octanol–water partition coefficient (Wildman–Crippen LogP) is 1.39. The minimum Gasteiger partial charge on any atom is -0.480 e. The molecule has 1 aromatic heterocycles. The third-order valence-corrected chi connectivity index (χ3v) is 7.21. The number of aliphatic carboxylic acids is 1. The fraction of sp³-hybridized carbons (Fsp3) is 0.500. The second-order valence-electron chi connectivity index (χ2n) is 9.62. The molecule has 2 atom stereocenters. The van der Waals surface area contributed by atoms with E-state index >= 15 is 0 Å². The Kier molecular flexibility index (Phi) is 6.99. The normalized spacial score (nSPS) is 22.0. The Balaban J connectivity index is 1.36. The van der Waals surface area contributed by atoms with Crippen LogP contribution >= 0.6 is 0 Å². The van der Waals surface area contributed by atoms with Gasteiger partial charge >= 0.3 is 5.97 Å². The summed E-state index contributed by atoms with van der Waals surface area (Å²) in [6, 6.07) is 12.1. The number of carboxylic acids is 1. The van der Waals surface area contributed by atoms with E-state index in [2.05, 4.69) is 11.0 Å². The molecule has 1 amide bonds. The largest absolute Gasteiger partial charge is 0.480 e. The van der Waals surface area contributed by atoms with E-state index in [9.17, 15) is 14.4 Å². The van der Waals surface area contributed by atoms with E-state index in [1.54, 1.807) is 4.90 Å². The van der Waals surface area contributed by atoms with Crippen LogP contribution in [0, 0.1) is 5.92 Å². The number of piperidine rings is 1. The number of ether oxygens (including phenoxy) is 2. The maximum atomic E-state index is 13.7. The molecule has 1 N–H and O–H groups in total. The number of amides is 1. The maximum Gasteiger partial charge on any atom is 0.329 e. The first-order chi connectivity index (χ1) is 17.0. The molecular formula is C26H31N3O6. The van der Waals surface area contributed by atoms with Crippen LogP contribution in [0.2, 0.25) is 0 Å². The molecule has 9 heteroatoms. The second-order valence-corrected chi connectivity index (χ2v) is 9.62. The molecule has 4 heterocycles. The lowest BCUT2D eigenvalue weighted by atomic mass is 9.82. The number of rotatable bonds is 7. The first-order valence-corrected chi connectivity index (χ1v) is 12.2. The summed E-state index contributed by atoms with van der Waals surface area (Å²) in [5.41, 5.74) is 3.82. The van der Waals surface area contributed by atoms with Crippen LogP contribution in [0.15, 0.2) is 41.2 Å². The number of carboxylic acid groups (broad SMARTS) is 1. The van der Waals surface area contributed by atoms with Gasteiger partial charge in [-0.15, -0.1) is 0 Å². The summed E-state index contributed by atoms with van der Waals surface area (Å²) < 4.78 is 12.4. The predicted molar refractivity (Wildman–Crippen MR) is 128 cm³/mol. The van der Waals surface area contributed by atoms with Crippen molar-refractivity contribution in [3.63, 3.8) is 0 Å². The van der Waals surface area contributed by atoms with Crippen molar-refractivity contribution in [3.8, 4) is 11.1 Å². The Morgan fingerprint density at radius 1 is 1.00 bits per heavy atom. The number of pyridine rings is 1. The van der Waals surface area contributed by atoms with E-state index in [0.29, 0.717) is 25.2 Å². The number of fused-ring (bicyclic) bond motifs is 4. The van der Waals surface area contributed by atoms with Crippen molar-refractivity contribution in [2.75, 3.05) is 52.6 Å². The van der Waals surface area contributed by atoms with E-state index in [0.717, 1.165) is 56.1 Å². The number of nitrogens with zero attached hydrogens (tertiary/aromatic N) is 3. The summed E-state index contributed by atoms with van der Waals surface area (Å²) in [7, 11) is 0. The molecule has 0 saturated carbocycles. The Bertz CT molecular complexity index is 1160. The Labute approximate surface area is 203 Å². The molecule has 0 aliphatic carbocycles. The third-order valence-electron chi connectivity index (χ3n) is 7.21. The van der Waals surface area contributed by atoms with Crippen LogP contribution in [-0.4, -0.2) is 84.0 Å². The first-order valence-electron chi connectivity index (χ1n) is 12.2. The summed E-state index contributed by atoms with van der Waals surface area (Å²) in [6.07, 6.45) is 0.937. The molecule has 2 bridgehead atoms. The van der Waals surface area contributed by atoms with Gasteiger partial charge in [-0.05, 0) is 35.6 Å². The monoisotopic (exact) mass is 481 g/mol. The van der Waals surface area contributed by atoms with Gasteiger partial charge in [-0.1, -0.05) is 24.3 Å². The van der Waals surface area contributed by atoms with Crippen LogP contribution in [-0.2, 0) is 32.2 Å². The van der Waals surface area contributed by atoms with Crippen LogP contribution in [0.4, 0.5) is 0 Å². The number of hydrogen-bond donors (Lipinski definition) is 1. The van der Waals surface area contributed by atoms with Gasteiger partial charge in [-0.3, -0.25) is 14.5 Å². The molecule has 186 valence electrons. The highest BCUT2D eigenvalue weighted by Gasteiger charge is 2.36. The maximum absolute atomic E-state index is 13.7. The van der Waals surface area contributed by atoms with Crippen LogP contribution in [0.3, 0.4) is 0 Å². The zero-order chi connectivity index (χ0) is 24.4. The quantitative estimate of drug-likeness (QED) is 0.638. The van der Waals surface area contributed by atoms with Gasteiger partial charge < -0.3 is 24.0 Å². The van der Waals surface area contributed by atoms with Gasteiger partial charge in [-0.25, -0.2) is 4.79 Å². The highest BCUT2D eigenvalue weighted by molar-refractivity contribution is 5.78. The highest BCUT2D eigenvalue weighted by Crippen LogP contribution is 2.36. The number of morpholine rings is 1. The fourth-order valence-corrected chi connectivity index (χ4v) is 5.59. The molecule has 2 fully saturated rings. The van der Waals surface area contributed by atoms with E-state index in [1.807, 2.05) is 34.9 Å². The molecule has 35 heavy (non-hydrogen) atoms.